The van der Waals surface area contributed by atoms with Crippen molar-refractivity contribution in [2.24, 2.45) is 11.3 Å². The Morgan fingerprint density at radius 1 is 0.859 bits per heavy atom. The van der Waals surface area contributed by atoms with Crippen LogP contribution in [0.3, 0.4) is 0 Å². The molecule has 11 rings (SSSR count). The Balaban J connectivity index is 0.724. The lowest BCUT2D eigenvalue weighted by molar-refractivity contribution is -0.136. The predicted molar refractivity (Wildman–Crippen MR) is 239 cm³/mol. The van der Waals surface area contributed by atoms with Crippen LogP contribution in [0.15, 0.2) is 66.7 Å². The Morgan fingerprint density at radius 2 is 1.62 bits per heavy atom. The fourth-order valence-electron chi connectivity index (χ4n) is 13.0. The summed E-state index contributed by atoms with van der Waals surface area (Å²) in [7, 11) is 3.27. The summed E-state index contributed by atoms with van der Waals surface area (Å²) in [6.07, 6.45) is 8.68. The number of carbonyl (C=O) groups excluding carboxylic acids is 3. The number of carbonyl (C=O) groups is 3. The Kier molecular flexibility index (Phi) is 10.2. The largest absolute Gasteiger partial charge is 0.508 e. The molecule has 0 unspecified atom stereocenters. The van der Waals surface area contributed by atoms with Crippen molar-refractivity contribution in [1.82, 2.24) is 15.1 Å². The van der Waals surface area contributed by atoms with Gasteiger partial charge in [0, 0.05) is 60.1 Å². The number of hydrogen-bond donors (Lipinski definition) is 2. The van der Waals surface area contributed by atoms with Crippen molar-refractivity contribution < 1.29 is 38.1 Å². The number of hydrogen-bond acceptors (Lipinski definition) is 9. The first-order valence-electron chi connectivity index (χ1n) is 23.3. The second-order valence-electron chi connectivity index (χ2n) is 19.8. The third kappa shape index (κ3) is 6.81. The molecule has 4 aromatic rings. The lowest BCUT2D eigenvalue weighted by Gasteiger charge is -2.54. The highest BCUT2D eigenvalue weighted by Crippen LogP contribution is 2.56. The Bertz CT molecular complexity index is 2520. The average Bonchev–Trinajstić information content (AvgIpc) is 3.83. The average molecular weight is 869 g/mol. The molecular formula is C52H57FN4O7. The molecule has 4 aromatic carbocycles. The van der Waals surface area contributed by atoms with Gasteiger partial charge < -0.3 is 34.0 Å². The smallest absolute Gasteiger partial charge is 0.259 e. The van der Waals surface area contributed by atoms with E-state index in [0.717, 1.165) is 105 Å². The molecule has 0 aromatic heterocycles. The molecule has 3 atom stereocenters. The summed E-state index contributed by atoms with van der Waals surface area (Å²) in [6, 6.07) is 21.1. The van der Waals surface area contributed by atoms with Gasteiger partial charge in [-0.25, -0.2) is 4.39 Å². The summed E-state index contributed by atoms with van der Waals surface area (Å²) in [6.45, 7) is 5.49. The Hall–Kier alpha value is -5.62. The Morgan fingerprint density at radius 3 is 2.36 bits per heavy atom. The molecule has 0 radical (unpaired) electrons. The molecule has 7 aliphatic rings. The molecule has 64 heavy (non-hydrogen) atoms. The van der Waals surface area contributed by atoms with Crippen molar-refractivity contribution in [2.75, 3.05) is 58.5 Å². The molecular weight excluding hydrogens is 812 g/mol. The van der Waals surface area contributed by atoms with Crippen LogP contribution in [-0.4, -0.2) is 92.2 Å². The first-order chi connectivity index (χ1) is 31.1. The third-order valence-electron chi connectivity index (χ3n) is 16.4. The molecule has 2 aliphatic carbocycles. The van der Waals surface area contributed by atoms with E-state index in [1.165, 1.54) is 18.4 Å². The zero-order valence-electron chi connectivity index (χ0n) is 36.8. The fourth-order valence-corrected chi connectivity index (χ4v) is 13.0. The number of nitrogens with one attached hydrogen (secondary N) is 1. The molecule has 5 aliphatic heterocycles. The highest BCUT2D eigenvalue weighted by atomic mass is 19.1. The number of anilines is 1. The molecule has 4 fully saturated rings. The maximum absolute atomic E-state index is 16.5. The van der Waals surface area contributed by atoms with E-state index < -0.39 is 11.9 Å². The molecule has 3 amide bonds. The van der Waals surface area contributed by atoms with Gasteiger partial charge in [-0.05, 0) is 129 Å². The van der Waals surface area contributed by atoms with Gasteiger partial charge in [-0.1, -0.05) is 36.4 Å². The first-order valence-corrected chi connectivity index (χ1v) is 23.3. The third-order valence-corrected chi connectivity index (χ3v) is 16.4. The number of aryl methyl sites for hydroxylation is 1. The number of methoxy groups -OCH3 is 2. The summed E-state index contributed by atoms with van der Waals surface area (Å²) in [4.78, 5) is 44.7. The number of phenolic OH excluding ortho intramolecular Hbond substituents is 1. The van der Waals surface area contributed by atoms with Gasteiger partial charge in [-0.3, -0.25) is 19.7 Å². The van der Waals surface area contributed by atoms with E-state index in [1.54, 1.807) is 31.3 Å². The molecule has 2 N–H and O–H groups in total. The molecule has 334 valence electrons. The fraction of sp³-hybridized carbons (Fsp3) is 0.481. The minimum Gasteiger partial charge on any atom is -0.508 e. The first kappa shape index (κ1) is 41.1. The Labute approximate surface area is 373 Å². The van der Waals surface area contributed by atoms with Gasteiger partial charge in [0.15, 0.2) is 0 Å². The molecule has 1 saturated carbocycles. The second kappa shape index (κ2) is 15.8. The minimum absolute atomic E-state index is 0.106. The van der Waals surface area contributed by atoms with Gasteiger partial charge in [0.1, 0.15) is 34.9 Å². The van der Waals surface area contributed by atoms with Crippen molar-refractivity contribution in [1.29, 1.82) is 0 Å². The van der Waals surface area contributed by atoms with Crippen LogP contribution in [0.5, 0.6) is 23.0 Å². The molecule has 11 nitrogen and oxygen atoms in total. The van der Waals surface area contributed by atoms with Crippen LogP contribution in [-0.2, 0) is 28.0 Å². The van der Waals surface area contributed by atoms with Crippen LogP contribution in [0.2, 0.25) is 0 Å². The van der Waals surface area contributed by atoms with Gasteiger partial charge in [0.05, 0.1) is 38.6 Å². The van der Waals surface area contributed by atoms with Gasteiger partial charge in [-0.15, -0.1) is 0 Å². The van der Waals surface area contributed by atoms with Crippen molar-refractivity contribution in [3.8, 4) is 23.0 Å². The van der Waals surface area contributed by atoms with Crippen molar-refractivity contribution in [3.63, 3.8) is 0 Å². The summed E-state index contributed by atoms with van der Waals surface area (Å²) in [5, 5.41) is 12.7. The van der Waals surface area contributed by atoms with Crippen LogP contribution < -0.4 is 24.4 Å². The number of benzene rings is 4. The minimum atomic E-state index is -0.697. The number of aromatic hydroxyl groups is 1. The zero-order valence-corrected chi connectivity index (χ0v) is 36.8. The topological polar surface area (TPSA) is 121 Å². The van der Waals surface area contributed by atoms with Crippen molar-refractivity contribution in [3.05, 3.63) is 111 Å². The van der Waals surface area contributed by atoms with Crippen LogP contribution in [0.4, 0.5) is 10.1 Å². The highest BCUT2D eigenvalue weighted by Gasteiger charge is 2.51. The van der Waals surface area contributed by atoms with E-state index in [4.69, 9.17) is 14.2 Å². The van der Waals surface area contributed by atoms with Gasteiger partial charge in [0.2, 0.25) is 11.8 Å². The summed E-state index contributed by atoms with van der Waals surface area (Å²) < 4.78 is 34.9. The molecule has 0 bridgehead atoms. The van der Waals surface area contributed by atoms with E-state index >= 15 is 4.39 Å². The SMILES string of the molecule is COc1cc(N2CCC3(CC2)CC(CN2CCC4(CC2)COc2c4cc(OC)c4c2CN([C@@H]2CCC(=O)NC2=O)C4=O)C3)c(F)cc1[C@@H]1c2ccc(O)cc2CC[C@@H]1c1ccccc1. The van der Waals surface area contributed by atoms with Gasteiger partial charge in [-0.2, -0.15) is 0 Å². The standard InChI is InChI=1S/C52H57FN4O7/c1-62-43-25-42(40(53)23-37(43)46-35(32-6-4-3-5-7-32)10-8-33-22-34(58)9-11-36(33)46)56-20-14-51(15-21-56)26-31(27-51)28-55-18-16-52(17-19-55)30-64-48-38-29-57(41-12-13-45(59)54-49(41)60)50(61)47(38)44(63-2)24-39(48)52/h3-7,9,11,22-25,31,35,41,46,58H,8,10,12-21,26-30H2,1-2H3,(H,54,59,60)/t35-,41-,46+/m1/s1. The number of amides is 3. The lowest BCUT2D eigenvalue weighted by Crippen LogP contribution is -2.52. The quantitative estimate of drug-likeness (QED) is 0.173. The van der Waals surface area contributed by atoms with E-state index in [2.05, 4.69) is 39.4 Å². The number of piperidine rings is 3. The number of nitrogens with zero attached hydrogens (tertiary/aromatic N) is 3. The van der Waals surface area contributed by atoms with Crippen molar-refractivity contribution in [2.45, 2.75) is 94.0 Å². The normalized spacial score (nSPS) is 24.8. The van der Waals surface area contributed by atoms with Crippen LogP contribution >= 0.6 is 0 Å². The monoisotopic (exact) mass is 868 g/mol. The highest BCUT2D eigenvalue weighted by molar-refractivity contribution is 6.07. The number of ether oxygens (including phenoxy) is 3. The molecule has 3 saturated heterocycles. The number of likely N-dealkylation sites (tertiary alicyclic amines) is 1. The number of halogens is 1. The maximum Gasteiger partial charge on any atom is 0.259 e. The van der Waals surface area contributed by atoms with E-state index in [0.29, 0.717) is 47.1 Å². The number of imide groups is 1. The van der Waals surface area contributed by atoms with E-state index in [9.17, 15) is 19.5 Å². The number of rotatable bonds is 8. The van der Waals surface area contributed by atoms with Crippen LogP contribution in [0, 0.1) is 17.2 Å². The lowest BCUT2D eigenvalue weighted by atomic mass is 9.57. The summed E-state index contributed by atoms with van der Waals surface area (Å²) in [5.74, 6) is 1.75. The summed E-state index contributed by atoms with van der Waals surface area (Å²) >= 11 is 0. The van der Waals surface area contributed by atoms with Crippen LogP contribution in [0.25, 0.3) is 0 Å². The molecule has 2 spiro atoms. The van der Waals surface area contributed by atoms with Gasteiger partial charge in [0.25, 0.3) is 5.91 Å². The van der Waals surface area contributed by atoms with Crippen LogP contribution in [0.1, 0.15) is 113 Å². The molecule has 5 heterocycles. The van der Waals surface area contributed by atoms with Crippen molar-refractivity contribution >= 4 is 23.4 Å². The number of phenols is 1. The predicted octanol–water partition coefficient (Wildman–Crippen LogP) is 7.59. The zero-order chi connectivity index (χ0) is 43.9. The van der Waals surface area contributed by atoms with Gasteiger partial charge >= 0.3 is 0 Å². The number of fused-ring (bicyclic) bond motifs is 5. The van der Waals surface area contributed by atoms with E-state index in [-0.39, 0.29) is 53.6 Å². The second-order valence-corrected chi connectivity index (χ2v) is 19.8. The summed E-state index contributed by atoms with van der Waals surface area (Å²) in [5.41, 5.74) is 7.44. The maximum atomic E-state index is 16.5. The molecule has 12 heteroatoms. The van der Waals surface area contributed by atoms with E-state index in [1.807, 2.05) is 30.3 Å².